The molecule has 0 unspecified atom stereocenters. The molecule has 0 amide bonds. The van der Waals surface area contributed by atoms with Gasteiger partial charge in [-0.3, -0.25) is 0 Å². The predicted octanol–water partition coefficient (Wildman–Crippen LogP) is 4.33. The molecule has 0 spiro atoms. The van der Waals surface area contributed by atoms with E-state index < -0.39 is 0 Å². The molecule has 0 saturated carbocycles. The van der Waals surface area contributed by atoms with E-state index in [4.69, 9.17) is 4.74 Å². The summed E-state index contributed by atoms with van der Waals surface area (Å²) in [6.07, 6.45) is 13.2. The lowest BCUT2D eigenvalue weighted by Gasteiger charge is -2.14. The fourth-order valence-electron chi connectivity index (χ4n) is 2.36. The maximum Gasteiger partial charge on any atom is 0.0638 e. The maximum atomic E-state index is 5.71. The quantitative estimate of drug-likeness (QED) is 0.428. The minimum Gasteiger partial charge on any atom is -0.378 e. The van der Waals surface area contributed by atoms with E-state index >= 15 is 0 Å². The summed E-state index contributed by atoms with van der Waals surface area (Å²) in [6, 6.07) is 0. The van der Waals surface area contributed by atoms with Crippen molar-refractivity contribution in [3.8, 4) is 0 Å². The number of hydrogen-bond acceptors (Lipinski definition) is 1. The number of unbranched alkanes of at least 4 members (excludes halogenated alkanes) is 5. The lowest BCUT2D eigenvalue weighted by atomic mass is 9.96. The Balaban J connectivity index is 1.97. The molecule has 1 heterocycles. The Morgan fingerprint density at radius 1 is 1.20 bits per heavy atom. The van der Waals surface area contributed by atoms with Crippen molar-refractivity contribution in [1.82, 2.24) is 0 Å². The molecule has 1 rings (SSSR count). The van der Waals surface area contributed by atoms with Crippen LogP contribution in [0.3, 0.4) is 0 Å². The molecule has 15 heavy (non-hydrogen) atoms. The van der Waals surface area contributed by atoms with Gasteiger partial charge in [-0.25, -0.2) is 0 Å². The number of hydrogen-bond donors (Lipinski definition) is 0. The van der Waals surface area contributed by atoms with E-state index in [9.17, 15) is 0 Å². The topological polar surface area (TPSA) is 9.23 Å². The molecule has 1 aliphatic heterocycles. The molecule has 0 aromatic rings. The molecular formula is C14H26O. The van der Waals surface area contributed by atoms with Gasteiger partial charge in [-0.05, 0) is 12.8 Å². The van der Waals surface area contributed by atoms with Gasteiger partial charge in [-0.15, -0.1) is 6.58 Å². The van der Waals surface area contributed by atoms with Crippen LogP contribution in [0.25, 0.3) is 0 Å². The lowest BCUT2D eigenvalue weighted by Crippen LogP contribution is -2.13. The molecule has 0 bridgehead atoms. The van der Waals surface area contributed by atoms with Crippen molar-refractivity contribution >= 4 is 0 Å². The van der Waals surface area contributed by atoms with E-state index in [1.165, 1.54) is 51.4 Å². The molecule has 1 aliphatic rings. The summed E-state index contributed by atoms with van der Waals surface area (Å²) in [5, 5.41) is 0. The number of ether oxygens (including phenoxy) is 1. The summed E-state index contributed by atoms with van der Waals surface area (Å²) in [4.78, 5) is 0. The van der Waals surface area contributed by atoms with Crippen LogP contribution >= 0.6 is 0 Å². The monoisotopic (exact) mass is 210 g/mol. The van der Waals surface area contributed by atoms with Gasteiger partial charge in [0.05, 0.1) is 6.10 Å². The molecule has 88 valence electrons. The van der Waals surface area contributed by atoms with Crippen LogP contribution in [-0.4, -0.2) is 12.7 Å². The molecule has 1 nitrogen and oxygen atoms in total. The first-order valence-electron chi connectivity index (χ1n) is 6.62. The molecule has 0 aromatic carbocycles. The molecule has 0 aromatic heterocycles. The van der Waals surface area contributed by atoms with Gasteiger partial charge in [0, 0.05) is 12.5 Å². The van der Waals surface area contributed by atoms with Crippen molar-refractivity contribution < 1.29 is 4.74 Å². The Morgan fingerprint density at radius 3 is 2.67 bits per heavy atom. The first-order valence-corrected chi connectivity index (χ1v) is 6.62. The van der Waals surface area contributed by atoms with Crippen LogP contribution in [0, 0.1) is 5.92 Å². The second-order valence-electron chi connectivity index (χ2n) is 4.65. The third-order valence-corrected chi connectivity index (χ3v) is 3.41. The van der Waals surface area contributed by atoms with Crippen molar-refractivity contribution in [3.05, 3.63) is 12.7 Å². The van der Waals surface area contributed by atoms with Crippen molar-refractivity contribution in [1.29, 1.82) is 0 Å². The van der Waals surface area contributed by atoms with Gasteiger partial charge in [0.2, 0.25) is 0 Å². The van der Waals surface area contributed by atoms with E-state index in [1.807, 2.05) is 0 Å². The van der Waals surface area contributed by atoms with Gasteiger partial charge in [0.1, 0.15) is 0 Å². The SMILES string of the molecule is C=C[C@H]1CCO[C@H]1CCCCCCCC. The first-order chi connectivity index (χ1) is 7.38. The predicted molar refractivity (Wildman–Crippen MR) is 66.0 cm³/mol. The maximum absolute atomic E-state index is 5.71. The van der Waals surface area contributed by atoms with Crippen LogP contribution < -0.4 is 0 Å². The average Bonchev–Trinajstić information content (AvgIpc) is 2.70. The minimum atomic E-state index is 0.480. The Labute approximate surface area is 94.9 Å². The van der Waals surface area contributed by atoms with Crippen molar-refractivity contribution in [2.45, 2.75) is 64.4 Å². The Kier molecular flexibility index (Phi) is 6.74. The van der Waals surface area contributed by atoms with Gasteiger partial charge in [0.15, 0.2) is 0 Å². The summed E-state index contributed by atoms with van der Waals surface area (Å²) < 4.78 is 5.71. The summed E-state index contributed by atoms with van der Waals surface area (Å²) in [7, 11) is 0. The van der Waals surface area contributed by atoms with Gasteiger partial charge >= 0.3 is 0 Å². The van der Waals surface area contributed by atoms with Crippen LogP contribution in [0.15, 0.2) is 12.7 Å². The largest absolute Gasteiger partial charge is 0.378 e. The average molecular weight is 210 g/mol. The van der Waals surface area contributed by atoms with Crippen LogP contribution in [0.2, 0.25) is 0 Å². The molecule has 2 atom stereocenters. The highest BCUT2D eigenvalue weighted by Gasteiger charge is 2.24. The standard InChI is InChI=1S/C14H26O/c1-3-5-6-7-8-9-10-14-13(4-2)11-12-15-14/h4,13-14H,2-3,5-12H2,1H3/t13-,14-/m0/s1. The van der Waals surface area contributed by atoms with Crippen molar-refractivity contribution in [2.75, 3.05) is 6.61 Å². The fraction of sp³-hybridized carbons (Fsp3) is 0.857. The Morgan fingerprint density at radius 2 is 1.93 bits per heavy atom. The molecule has 1 fully saturated rings. The third kappa shape index (κ3) is 4.83. The van der Waals surface area contributed by atoms with Crippen molar-refractivity contribution in [3.63, 3.8) is 0 Å². The van der Waals surface area contributed by atoms with Gasteiger partial charge in [0.25, 0.3) is 0 Å². The molecular weight excluding hydrogens is 184 g/mol. The van der Waals surface area contributed by atoms with E-state index in [-0.39, 0.29) is 0 Å². The second kappa shape index (κ2) is 7.92. The fourth-order valence-corrected chi connectivity index (χ4v) is 2.36. The van der Waals surface area contributed by atoms with Crippen LogP contribution in [0.5, 0.6) is 0 Å². The second-order valence-corrected chi connectivity index (χ2v) is 4.65. The summed E-state index contributed by atoms with van der Waals surface area (Å²) in [5.41, 5.74) is 0. The Hall–Kier alpha value is -0.300. The van der Waals surface area contributed by atoms with Crippen molar-refractivity contribution in [2.24, 2.45) is 5.92 Å². The van der Waals surface area contributed by atoms with E-state index in [0.29, 0.717) is 12.0 Å². The third-order valence-electron chi connectivity index (χ3n) is 3.41. The summed E-state index contributed by atoms with van der Waals surface area (Å²) in [5.74, 6) is 0.626. The van der Waals surface area contributed by atoms with E-state index in [0.717, 1.165) is 6.61 Å². The Bertz CT molecular complexity index is 165. The molecule has 1 heteroatoms. The van der Waals surface area contributed by atoms with Gasteiger partial charge in [-0.1, -0.05) is 51.5 Å². The summed E-state index contributed by atoms with van der Waals surface area (Å²) >= 11 is 0. The van der Waals surface area contributed by atoms with Crippen LogP contribution in [0.4, 0.5) is 0 Å². The molecule has 0 aliphatic carbocycles. The van der Waals surface area contributed by atoms with Crippen LogP contribution in [0.1, 0.15) is 58.3 Å². The zero-order valence-corrected chi connectivity index (χ0v) is 10.2. The molecule has 0 N–H and O–H groups in total. The highest BCUT2D eigenvalue weighted by molar-refractivity contribution is 4.88. The first kappa shape index (κ1) is 12.8. The lowest BCUT2D eigenvalue weighted by molar-refractivity contribution is 0.0896. The highest BCUT2D eigenvalue weighted by Crippen LogP contribution is 2.26. The summed E-state index contributed by atoms with van der Waals surface area (Å²) in [6.45, 7) is 7.09. The normalized spacial score (nSPS) is 25.7. The van der Waals surface area contributed by atoms with Crippen LogP contribution in [-0.2, 0) is 4.74 Å². The smallest absolute Gasteiger partial charge is 0.0638 e. The van der Waals surface area contributed by atoms with Gasteiger partial charge in [-0.2, -0.15) is 0 Å². The van der Waals surface area contributed by atoms with E-state index in [2.05, 4.69) is 19.6 Å². The molecule has 1 saturated heterocycles. The highest BCUT2D eigenvalue weighted by atomic mass is 16.5. The minimum absolute atomic E-state index is 0.480. The zero-order chi connectivity index (χ0) is 10.9. The van der Waals surface area contributed by atoms with E-state index in [1.54, 1.807) is 0 Å². The number of rotatable bonds is 8. The van der Waals surface area contributed by atoms with Gasteiger partial charge < -0.3 is 4.74 Å². The molecule has 0 radical (unpaired) electrons. The zero-order valence-electron chi connectivity index (χ0n) is 10.2.